The summed E-state index contributed by atoms with van der Waals surface area (Å²) in [5.74, 6) is -0.453. The average Bonchev–Trinajstić information content (AvgIpc) is 3.47. The van der Waals surface area contributed by atoms with Gasteiger partial charge in [-0.15, -0.1) is 34.9 Å². The van der Waals surface area contributed by atoms with E-state index in [0.717, 1.165) is 34.0 Å². The number of thiophene rings is 1. The molecule has 5 rings (SSSR count). The Morgan fingerprint density at radius 1 is 0.904 bits per heavy atom. The smallest absolute Gasteiger partial charge is 0.346 e. The Bertz CT molecular complexity index is 1940. The van der Waals surface area contributed by atoms with Crippen molar-refractivity contribution in [3.63, 3.8) is 0 Å². The molecule has 0 bridgehead atoms. The molecule has 1 aliphatic rings. The number of nitrogens with zero attached hydrogens (tertiary/aromatic N) is 3. The van der Waals surface area contributed by atoms with Crippen LogP contribution in [0, 0.1) is 11.3 Å². The first kappa shape index (κ1) is 38.8. The van der Waals surface area contributed by atoms with E-state index in [1.165, 1.54) is 74.3 Å². The number of aliphatic carboxylic acids is 1. The summed E-state index contributed by atoms with van der Waals surface area (Å²) in [7, 11) is 8.25. The standard InChI is InChI=1S/C44H47N3O2S3/c1-7-8-9-10-11-35-27-41(42-29-50-39(24-30(2)51-42)26-36(28-45)44(48)49)52-43(35)34-14-12-31(13-15-34)25-40(32-16-20-37(21-17-32)46(3)4)33-18-22-38(23-19-33)47(5)6/h12-27,42H,2,7-11,29H2,1,3-6H3,(H,48,49)/b36-26+. The van der Waals surface area contributed by atoms with Gasteiger partial charge < -0.3 is 14.9 Å². The molecule has 268 valence electrons. The Labute approximate surface area is 322 Å². The van der Waals surface area contributed by atoms with Gasteiger partial charge in [0, 0.05) is 64.9 Å². The van der Waals surface area contributed by atoms with Gasteiger partial charge in [0.25, 0.3) is 0 Å². The highest BCUT2D eigenvalue weighted by molar-refractivity contribution is 8.07. The fourth-order valence-electron chi connectivity index (χ4n) is 6.02. The number of rotatable bonds is 14. The number of hydrogen-bond donors (Lipinski definition) is 1. The lowest BCUT2D eigenvalue weighted by Gasteiger charge is -2.16. The molecule has 5 nitrogen and oxygen atoms in total. The second-order valence-corrected chi connectivity index (χ2v) is 16.8. The van der Waals surface area contributed by atoms with Crippen LogP contribution < -0.4 is 9.80 Å². The van der Waals surface area contributed by atoms with E-state index in [2.05, 4.69) is 136 Å². The van der Waals surface area contributed by atoms with Crippen LogP contribution in [0.15, 0.2) is 113 Å². The molecule has 0 spiro atoms. The molecule has 0 radical (unpaired) electrons. The largest absolute Gasteiger partial charge is 0.477 e. The Kier molecular flexibility index (Phi) is 13.7. The third kappa shape index (κ3) is 10.1. The summed E-state index contributed by atoms with van der Waals surface area (Å²) in [5.41, 5.74) is 9.33. The van der Waals surface area contributed by atoms with Gasteiger partial charge >= 0.3 is 5.97 Å². The summed E-state index contributed by atoms with van der Waals surface area (Å²) in [6.07, 6.45) is 11.5. The third-order valence-electron chi connectivity index (χ3n) is 8.95. The maximum atomic E-state index is 11.5. The number of nitriles is 1. The van der Waals surface area contributed by atoms with Crippen molar-refractivity contribution in [2.45, 2.75) is 44.3 Å². The number of carbonyl (C=O) groups is 1. The van der Waals surface area contributed by atoms with Gasteiger partial charge in [-0.05, 0) is 94.8 Å². The molecular weight excluding hydrogens is 699 g/mol. The second-order valence-electron chi connectivity index (χ2n) is 13.3. The van der Waals surface area contributed by atoms with E-state index in [1.807, 2.05) is 17.4 Å². The Hall–Kier alpha value is -4.42. The van der Waals surface area contributed by atoms with Crippen molar-refractivity contribution in [1.82, 2.24) is 0 Å². The summed E-state index contributed by atoms with van der Waals surface area (Å²) in [4.78, 5) is 19.9. The summed E-state index contributed by atoms with van der Waals surface area (Å²) in [5, 5.41) is 18.8. The van der Waals surface area contributed by atoms with Crippen molar-refractivity contribution < 1.29 is 9.90 Å². The molecule has 0 saturated carbocycles. The molecule has 2 heterocycles. The van der Waals surface area contributed by atoms with E-state index in [4.69, 9.17) is 0 Å². The van der Waals surface area contributed by atoms with Crippen LogP contribution in [-0.2, 0) is 11.2 Å². The van der Waals surface area contributed by atoms with Crippen LogP contribution >= 0.6 is 34.9 Å². The number of carboxylic acid groups (broad SMARTS) is 1. The normalized spacial score (nSPS) is 14.6. The highest BCUT2D eigenvalue weighted by Gasteiger charge is 2.23. The van der Waals surface area contributed by atoms with Gasteiger partial charge in [-0.2, -0.15) is 5.26 Å². The Morgan fingerprint density at radius 2 is 1.52 bits per heavy atom. The van der Waals surface area contributed by atoms with E-state index in [-0.39, 0.29) is 10.8 Å². The third-order valence-corrected chi connectivity index (χ3v) is 12.8. The predicted molar refractivity (Wildman–Crippen MR) is 227 cm³/mol. The van der Waals surface area contributed by atoms with Gasteiger partial charge in [-0.25, -0.2) is 4.79 Å². The molecule has 1 atom stereocenters. The van der Waals surface area contributed by atoms with Crippen molar-refractivity contribution in [2.75, 3.05) is 43.7 Å². The van der Waals surface area contributed by atoms with E-state index >= 15 is 0 Å². The molecule has 1 N–H and O–H groups in total. The van der Waals surface area contributed by atoms with Gasteiger partial charge in [0.05, 0.1) is 5.25 Å². The first-order valence-electron chi connectivity index (χ1n) is 17.6. The first-order chi connectivity index (χ1) is 25.1. The quantitative estimate of drug-likeness (QED) is 0.0596. The van der Waals surface area contributed by atoms with Crippen LogP contribution in [0.25, 0.3) is 22.1 Å². The second kappa shape index (κ2) is 18.4. The summed E-state index contributed by atoms with van der Waals surface area (Å²) < 4.78 is 0. The molecule has 4 aromatic rings. The van der Waals surface area contributed by atoms with Crippen molar-refractivity contribution >= 4 is 63.9 Å². The monoisotopic (exact) mass is 745 g/mol. The van der Waals surface area contributed by atoms with Crippen molar-refractivity contribution in [3.8, 4) is 16.5 Å². The molecular formula is C44H47N3O2S3. The zero-order valence-corrected chi connectivity index (χ0v) is 33.1. The highest BCUT2D eigenvalue weighted by atomic mass is 32.2. The number of unbranched alkanes of at least 4 members (excludes halogenated alkanes) is 3. The lowest BCUT2D eigenvalue weighted by molar-refractivity contribution is -0.132. The Balaban J connectivity index is 1.46. The fraction of sp³-hybridized carbons (Fsp3) is 0.273. The molecule has 1 aliphatic heterocycles. The summed E-state index contributed by atoms with van der Waals surface area (Å²) in [6.45, 7) is 6.49. The number of carboxylic acids is 1. The number of hydrogen-bond acceptors (Lipinski definition) is 7. The zero-order chi connectivity index (χ0) is 37.2. The van der Waals surface area contributed by atoms with Crippen LogP contribution in [0.3, 0.4) is 0 Å². The van der Waals surface area contributed by atoms with E-state index in [9.17, 15) is 15.2 Å². The van der Waals surface area contributed by atoms with Crippen LogP contribution in [0.2, 0.25) is 0 Å². The number of aryl methyl sites for hydroxylation is 1. The summed E-state index contributed by atoms with van der Waals surface area (Å²) in [6, 6.07) is 30.7. The first-order valence-corrected chi connectivity index (χ1v) is 20.3. The fourth-order valence-corrected chi connectivity index (χ4v) is 9.86. The molecule has 1 aromatic heterocycles. The minimum Gasteiger partial charge on any atom is -0.477 e. The van der Waals surface area contributed by atoms with E-state index in [0.29, 0.717) is 0 Å². The molecule has 3 aromatic carbocycles. The van der Waals surface area contributed by atoms with Gasteiger partial charge in [0.2, 0.25) is 0 Å². The zero-order valence-electron chi connectivity index (χ0n) is 30.7. The van der Waals surface area contributed by atoms with Gasteiger partial charge in [-0.3, -0.25) is 0 Å². The topological polar surface area (TPSA) is 67.6 Å². The number of anilines is 2. The minimum absolute atomic E-state index is 0.172. The van der Waals surface area contributed by atoms with Crippen LogP contribution in [-0.4, -0.2) is 45.0 Å². The molecule has 0 aliphatic carbocycles. The van der Waals surface area contributed by atoms with Crippen molar-refractivity contribution in [1.29, 1.82) is 5.26 Å². The van der Waals surface area contributed by atoms with E-state index in [1.54, 1.807) is 29.6 Å². The maximum Gasteiger partial charge on any atom is 0.346 e. The van der Waals surface area contributed by atoms with E-state index < -0.39 is 5.97 Å². The number of benzene rings is 3. The number of allylic oxidation sites excluding steroid dienone is 2. The number of thioether (sulfide) groups is 2. The maximum absolute atomic E-state index is 11.5. The van der Waals surface area contributed by atoms with Crippen molar-refractivity contribution in [2.24, 2.45) is 0 Å². The molecule has 8 heteroatoms. The molecule has 0 amide bonds. The minimum atomic E-state index is -1.21. The van der Waals surface area contributed by atoms with Gasteiger partial charge in [0.1, 0.15) is 11.6 Å². The van der Waals surface area contributed by atoms with Crippen LogP contribution in [0.4, 0.5) is 11.4 Å². The molecule has 0 saturated heterocycles. The van der Waals surface area contributed by atoms with Gasteiger partial charge in [0.15, 0.2) is 0 Å². The Morgan fingerprint density at radius 3 is 2.06 bits per heavy atom. The summed E-state index contributed by atoms with van der Waals surface area (Å²) >= 11 is 5.15. The SMILES string of the molecule is C=C1C=C(/C=C(\C#N)C(=O)O)SCC(c2cc(CCCCCC)c(-c3ccc(C=C(c4ccc(N(C)C)cc4)c4ccc(N(C)C)cc4)cc3)s2)S1. The molecule has 1 unspecified atom stereocenters. The lowest BCUT2D eigenvalue weighted by Crippen LogP contribution is -2.08. The lowest BCUT2D eigenvalue weighted by atomic mass is 9.94. The van der Waals surface area contributed by atoms with Crippen molar-refractivity contribution in [3.05, 3.63) is 140 Å². The van der Waals surface area contributed by atoms with Crippen LogP contribution in [0.5, 0.6) is 0 Å². The molecule has 52 heavy (non-hydrogen) atoms. The highest BCUT2D eigenvalue weighted by Crippen LogP contribution is 2.47. The van der Waals surface area contributed by atoms with Gasteiger partial charge in [-0.1, -0.05) is 81.3 Å². The van der Waals surface area contributed by atoms with Crippen LogP contribution in [0.1, 0.15) is 65.0 Å². The molecule has 0 fully saturated rings. The average molecular weight is 746 g/mol. The predicted octanol–water partition coefficient (Wildman–Crippen LogP) is 11.7.